The fourth-order valence-electron chi connectivity index (χ4n) is 3.81. The van der Waals surface area contributed by atoms with Gasteiger partial charge in [-0.15, -0.1) is 0 Å². The van der Waals surface area contributed by atoms with Crippen LogP contribution in [0.25, 0.3) is 0 Å². The second kappa shape index (κ2) is 16.0. The van der Waals surface area contributed by atoms with Gasteiger partial charge in [-0.05, 0) is 60.0 Å². The van der Waals surface area contributed by atoms with E-state index in [2.05, 4.69) is 25.8 Å². The molecule has 1 fully saturated rings. The number of morpholine rings is 1. The van der Waals surface area contributed by atoms with Crippen molar-refractivity contribution in [1.82, 2.24) is 30.4 Å². The monoisotopic (exact) mass is 598 g/mol. The van der Waals surface area contributed by atoms with Crippen molar-refractivity contribution < 1.29 is 33.4 Å². The molecule has 1 aromatic heterocycles. The third-order valence-electron chi connectivity index (χ3n) is 5.74. The molecule has 2 heterocycles. The van der Waals surface area contributed by atoms with Crippen LogP contribution in [0.2, 0.25) is 0 Å². The maximum Gasteiger partial charge on any atom is 0.419 e. The number of alkyl carbamates (subject to hydrolysis) is 1. The number of nitrogens with one attached hydrogen (secondary N) is 3. The van der Waals surface area contributed by atoms with Gasteiger partial charge >= 0.3 is 12.2 Å². The fraction of sp³-hybridized carbons (Fsp3) is 0.741. The summed E-state index contributed by atoms with van der Waals surface area (Å²) < 4.78 is 17.2. The van der Waals surface area contributed by atoms with Crippen molar-refractivity contribution in [2.45, 2.75) is 77.7 Å². The van der Waals surface area contributed by atoms with Gasteiger partial charge in [0, 0.05) is 38.8 Å². The molecule has 0 saturated carbocycles. The van der Waals surface area contributed by atoms with Crippen LogP contribution in [-0.2, 0) is 30.2 Å². The molecule has 2 rings (SSSR count). The Labute approximate surface area is 246 Å². The summed E-state index contributed by atoms with van der Waals surface area (Å²) in [5.74, 6) is -0.227. The zero-order valence-corrected chi connectivity index (χ0v) is 26.1. The normalized spacial score (nSPS) is 15.9. The highest BCUT2D eigenvalue weighted by atomic mass is 32.2. The molecule has 0 aliphatic carbocycles. The van der Waals surface area contributed by atoms with E-state index in [1.165, 1.54) is 17.1 Å². The summed E-state index contributed by atoms with van der Waals surface area (Å²) in [6.07, 6.45) is 3.59. The van der Waals surface area contributed by atoms with Gasteiger partial charge in [0.05, 0.1) is 18.9 Å². The number of thioether (sulfide) groups is 1. The molecule has 1 aliphatic heterocycles. The van der Waals surface area contributed by atoms with Gasteiger partial charge in [0.15, 0.2) is 0 Å². The minimum atomic E-state index is -1.12. The van der Waals surface area contributed by atoms with Gasteiger partial charge < -0.3 is 30.2 Å². The summed E-state index contributed by atoms with van der Waals surface area (Å²) >= 11 is 1.56. The number of aromatic nitrogens is 2. The van der Waals surface area contributed by atoms with Crippen LogP contribution in [0.4, 0.5) is 9.59 Å². The lowest BCUT2D eigenvalue weighted by Gasteiger charge is -2.27. The molecule has 1 saturated heterocycles. The largest absolute Gasteiger partial charge is 0.444 e. The van der Waals surface area contributed by atoms with Crippen molar-refractivity contribution in [2.24, 2.45) is 0 Å². The average Bonchev–Trinajstić information content (AvgIpc) is 3.33. The van der Waals surface area contributed by atoms with Crippen LogP contribution in [0.3, 0.4) is 0 Å². The minimum absolute atomic E-state index is 0.0469. The van der Waals surface area contributed by atoms with E-state index in [9.17, 15) is 19.2 Å². The Kier molecular flexibility index (Phi) is 13.4. The molecule has 3 amide bonds. The zero-order chi connectivity index (χ0) is 30.6. The van der Waals surface area contributed by atoms with Gasteiger partial charge in [-0.1, -0.05) is 0 Å². The standard InChI is InChI=1S/C27H46N6O7S/c1-26(2,3)39-24(36)31-21(16-19-17-33(18-29-19)25(37)40-27(4,5)6)23(35)30-20(8-15-41-7)22(34)28-9-10-32-11-13-38-14-12-32/h17-18,20-21H,8-16H2,1-7H3,(H,28,34)(H,30,35)(H,31,36)/t20-,21-/m0/s1. The van der Waals surface area contributed by atoms with Crippen LogP contribution in [0, 0.1) is 0 Å². The first-order chi connectivity index (χ1) is 19.2. The Morgan fingerprint density at radius 1 is 1.00 bits per heavy atom. The van der Waals surface area contributed by atoms with Crippen molar-refractivity contribution in [1.29, 1.82) is 0 Å². The van der Waals surface area contributed by atoms with Crippen LogP contribution < -0.4 is 16.0 Å². The lowest BCUT2D eigenvalue weighted by molar-refractivity contribution is -0.130. The maximum atomic E-state index is 13.5. The molecule has 1 aliphatic rings. The van der Waals surface area contributed by atoms with Crippen LogP contribution >= 0.6 is 11.8 Å². The quantitative estimate of drug-likeness (QED) is 0.325. The second-order valence-corrected chi connectivity index (χ2v) is 12.7. The minimum Gasteiger partial charge on any atom is -0.444 e. The summed E-state index contributed by atoms with van der Waals surface area (Å²) in [5, 5.41) is 8.30. The number of amides is 3. The highest BCUT2D eigenvalue weighted by Crippen LogP contribution is 2.12. The molecule has 0 radical (unpaired) electrons. The fourth-order valence-corrected chi connectivity index (χ4v) is 4.29. The first-order valence-corrected chi connectivity index (χ1v) is 15.2. The summed E-state index contributed by atoms with van der Waals surface area (Å²) in [4.78, 5) is 58.0. The zero-order valence-electron chi connectivity index (χ0n) is 25.3. The Bertz CT molecular complexity index is 1010. The number of nitrogens with zero attached hydrogens (tertiary/aromatic N) is 3. The highest BCUT2D eigenvalue weighted by molar-refractivity contribution is 7.98. The van der Waals surface area contributed by atoms with Crippen molar-refractivity contribution in [3.63, 3.8) is 0 Å². The number of hydrogen-bond acceptors (Lipinski definition) is 10. The molecule has 0 unspecified atom stereocenters. The maximum absolute atomic E-state index is 13.5. The van der Waals surface area contributed by atoms with E-state index in [4.69, 9.17) is 14.2 Å². The van der Waals surface area contributed by atoms with Crippen LogP contribution in [0.5, 0.6) is 0 Å². The number of ether oxygens (including phenoxy) is 3. The van der Waals surface area contributed by atoms with Gasteiger partial charge in [0.2, 0.25) is 11.8 Å². The van der Waals surface area contributed by atoms with E-state index in [0.717, 1.165) is 13.1 Å². The highest BCUT2D eigenvalue weighted by Gasteiger charge is 2.29. The number of imidazole rings is 1. The van der Waals surface area contributed by atoms with Gasteiger partial charge in [-0.2, -0.15) is 11.8 Å². The third kappa shape index (κ3) is 13.6. The SMILES string of the molecule is CSCC[C@H](NC(=O)[C@H](Cc1cn(C(=O)OC(C)(C)C)cn1)NC(=O)OC(C)(C)C)C(=O)NCCN1CCOCC1. The van der Waals surface area contributed by atoms with E-state index >= 15 is 0 Å². The second-order valence-electron chi connectivity index (χ2n) is 11.7. The predicted molar refractivity (Wildman–Crippen MR) is 156 cm³/mol. The number of rotatable bonds is 12. The Morgan fingerprint density at radius 2 is 1.66 bits per heavy atom. The molecule has 2 atom stereocenters. The van der Waals surface area contributed by atoms with Gasteiger partial charge in [-0.25, -0.2) is 19.1 Å². The summed E-state index contributed by atoms with van der Waals surface area (Å²) in [7, 11) is 0. The number of carbonyl (C=O) groups excluding carboxylic acids is 4. The summed E-state index contributed by atoms with van der Waals surface area (Å²) in [5.41, 5.74) is -1.12. The molecule has 0 spiro atoms. The van der Waals surface area contributed by atoms with Gasteiger partial charge in [0.1, 0.15) is 29.6 Å². The molecule has 14 heteroatoms. The first-order valence-electron chi connectivity index (χ1n) is 13.8. The topological polar surface area (TPSA) is 153 Å². The smallest absolute Gasteiger partial charge is 0.419 e. The third-order valence-corrected chi connectivity index (χ3v) is 6.38. The Balaban J connectivity index is 2.12. The summed E-state index contributed by atoms with van der Waals surface area (Å²) in [6, 6.07) is -1.92. The molecule has 0 aromatic carbocycles. The van der Waals surface area contributed by atoms with E-state index in [-0.39, 0.29) is 12.3 Å². The van der Waals surface area contributed by atoms with E-state index in [1.807, 2.05) is 6.26 Å². The molecule has 3 N–H and O–H groups in total. The Morgan fingerprint density at radius 3 is 2.27 bits per heavy atom. The van der Waals surface area contributed by atoms with E-state index < -0.39 is 41.4 Å². The molecule has 13 nitrogen and oxygen atoms in total. The van der Waals surface area contributed by atoms with Crippen molar-refractivity contribution in [2.75, 3.05) is 51.4 Å². The number of carbonyl (C=O) groups is 4. The molecule has 0 bridgehead atoms. The van der Waals surface area contributed by atoms with Crippen LogP contribution in [0.15, 0.2) is 12.5 Å². The van der Waals surface area contributed by atoms with Crippen molar-refractivity contribution in [3.8, 4) is 0 Å². The van der Waals surface area contributed by atoms with E-state index in [0.29, 0.717) is 44.2 Å². The van der Waals surface area contributed by atoms with E-state index in [1.54, 1.807) is 53.3 Å². The molecule has 1 aromatic rings. The first kappa shape index (κ1) is 34.4. The Hall–Kier alpha value is -2.84. The van der Waals surface area contributed by atoms with Crippen LogP contribution in [-0.4, -0.2) is 113 Å². The van der Waals surface area contributed by atoms with Crippen LogP contribution in [0.1, 0.15) is 53.7 Å². The predicted octanol–water partition coefficient (Wildman–Crippen LogP) is 1.79. The van der Waals surface area contributed by atoms with Gasteiger partial charge in [-0.3, -0.25) is 14.5 Å². The number of hydrogen-bond donors (Lipinski definition) is 3. The molecule has 232 valence electrons. The lowest BCUT2D eigenvalue weighted by atomic mass is 10.1. The molecular formula is C27H46N6O7S. The van der Waals surface area contributed by atoms with Gasteiger partial charge in [0.25, 0.3) is 0 Å². The summed E-state index contributed by atoms with van der Waals surface area (Å²) in [6.45, 7) is 14.5. The average molecular weight is 599 g/mol. The molecular weight excluding hydrogens is 552 g/mol. The van der Waals surface area contributed by atoms with Crippen molar-refractivity contribution >= 4 is 35.8 Å². The molecule has 41 heavy (non-hydrogen) atoms. The lowest BCUT2D eigenvalue weighted by Crippen LogP contribution is -2.55. The van der Waals surface area contributed by atoms with Crippen molar-refractivity contribution in [3.05, 3.63) is 18.2 Å².